The number of hydrogen-bond acceptors (Lipinski definition) is 9. The van der Waals surface area contributed by atoms with E-state index in [2.05, 4.69) is 36.6 Å². The number of rotatable bonds is 7. The zero-order chi connectivity index (χ0) is 28.7. The Morgan fingerprint density at radius 2 is 1.85 bits per heavy atom. The van der Waals surface area contributed by atoms with Crippen LogP contribution < -0.4 is 14.8 Å². The third kappa shape index (κ3) is 6.87. The highest BCUT2D eigenvalue weighted by Gasteiger charge is 2.34. The molecule has 1 saturated heterocycles. The maximum atomic E-state index is 12.9. The molecule has 2 N–H and O–H groups in total. The molecule has 0 amide bonds. The van der Waals surface area contributed by atoms with Crippen LogP contribution in [-0.2, 0) is 35.9 Å². The fourth-order valence-corrected chi connectivity index (χ4v) is 7.10. The predicted octanol–water partition coefficient (Wildman–Crippen LogP) is 4.54. The van der Waals surface area contributed by atoms with E-state index < -0.39 is 22.0 Å². The summed E-state index contributed by atoms with van der Waals surface area (Å²) in [6.07, 6.45) is -1.76. The van der Waals surface area contributed by atoms with Gasteiger partial charge in [-0.05, 0) is 56.6 Å². The van der Waals surface area contributed by atoms with Gasteiger partial charge in [0.05, 0.1) is 23.5 Å². The number of thiazole rings is 1. The molecule has 2 aliphatic rings. The van der Waals surface area contributed by atoms with Crippen LogP contribution in [0.5, 0.6) is 5.75 Å². The molecule has 4 heterocycles. The van der Waals surface area contributed by atoms with Crippen LogP contribution in [0, 0.1) is 6.92 Å². The van der Waals surface area contributed by atoms with Crippen molar-refractivity contribution in [1.82, 2.24) is 30.3 Å². The summed E-state index contributed by atoms with van der Waals surface area (Å²) in [5.74, 6) is 0.634. The Morgan fingerprint density at radius 1 is 1.15 bits per heavy atom. The van der Waals surface area contributed by atoms with Gasteiger partial charge in [0.1, 0.15) is 11.9 Å². The molecule has 15 heteroatoms. The van der Waals surface area contributed by atoms with Crippen molar-refractivity contribution < 1.29 is 25.8 Å². The summed E-state index contributed by atoms with van der Waals surface area (Å²) in [6, 6.07) is 4.52. The molecular formula is C25H30BrF3N6O3S2. The molecule has 0 bridgehead atoms. The van der Waals surface area contributed by atoms with Gasteiger partial charge in [0.15, 0.2) is 5.69 Å². The van der Waals surface area contributed by atoms with Crippen molar-refractivity contribution in [3.05, 3.63) is 61.3 Å². The zero-order valence-electron chi connectivity index (χ0n) is 22.0. The first-order valence-electron chi connectivity index (χ1n) is 12.8. The van der Waals surface area contributed by atoms with Gasteiger partial charge in [0.2, 0.25) is 0 Å². The van der Waals surface area contributed by atoms with E-state index in [1.54, 1.807) is 30.4 Å². The predicted molar refractivity (Wildman–Crippen MR) is 149 cm³/mol. The molecule has 5 rings (SSSR count). The highest BCUT2D eigenvalue weighted by atomic mass is 79.9. The Labute approximate surface area is 243 Å². The number of hydrogen-bond donors (Lipinski definition) is 2. The van der Waals surface area contributed by atoms with Crippen LogP contribution in [0.25, 0.3) is 0 Å². The maximum absolute atomic E-state index is 12.9. The highest BCUT2D eigenvalue weighted by Crippen LogP contribution is 2.35. The SMILES string of the molecule is Cc1cc(C(F)(F)F)nn1CCN1CCC(c2nc(C3NCc4c(Br)ccc(OS(C)(=O)=O)c4CN3)cs2)CC1. The van der Waals surface area contributed by atoms with E-state index in [0.29, 0.717) is 43.5 Å². The summed E-state index contributed by atoms with van der Waals surface area (Å²) in [7, 11) is -3.66. The first kappa shape index (κ1) is 29.5. The average molecular weight is 664 g/mol. The molecule has 0 spiro atoms. The van der Waals surface area contributed by atoms with Crippen LogP contribution >= 0.6 is 27.3 Å². The lowest BCUT2D eigenvalue weighted by Crippen LogP contribution is -2.35. The molecule has 40 heavy (non-hydrogen) atoms. The van der Waals surface area contributed by atoms with Gasteiger partial charge in [-0.15, -0.1) is 11.3 Å². The minimum Gasteiger partial charge on any atom is -0.382 e. The van der Waals surface area contributed by atoms with Crippen LogP contribution in [0.15, 0.2) is 28.1 Å². The lowest BCUT2D eigenvalue weighted by molar-refractivity contribution is -0.141. The fraction of sp³-hybridized carbons (Fsp3) is 0.520. The minimum atomic E-state index is -4.43. The van der Waals surface area contributed by atoms with Gasteiger partial charge in [-0.1, -0.05) is 15.9 Å². The molecule has 2 aliphatic heterocycles. The molecule has 0 radical (unpaired) electrons. The molecule has 1 atom stereocenters. The van der Waals surface area contributed by atoms with E-state index in [1.807, 2.05) is 5.38 Å². The average Bonchev–Trinajstić information content (AvgIpc) is 3.45. The summed E-state index contributed by atoms with van der Waals surface area (Å²) in [5, 5.41) is 13.7. The lowest BCUT2D eigenvalue weighted by Gasteiger charge is -2.31. The normalized spacial score (nSPS) is 19.4. The molecule has 3 aromatic rings. The second-order valence-corrected chi connectivity index (χ2v) is 13.4. The van der Waals surface area contributed by atoms with Crippen molar-refractivity contribution in [2.45, 2.75) is 57.7 Å². The van der Waals surface area contributed by atoms with Gasteiger partial charge in [-0.2, -0.15) is 26.7 Å². The van der Waals surface area contributed by atoms with Gasteiger partial charge >= 0.3 is 16.3 Å². The monoisotopic (exact) mass is 662 g/mol. The van der Waals surface area contributed by atoms with Crippen LogP contribution in [-0.4, -0.2) is 54.0 Å². The molecule has 1 aromatic carbocycles. The van der Waals surface area contributed by atoms with Crippen molar-refractivity contribution in [3.8, 4) is 5.75 Å². The summed E-state index contributed by atoms with van der Waals surface area (Å²) in [4.78, 5) is 7.20. The number of aryl methyl sites for hydroxylation is 1. The second-order valence-electron chi connectivity index (χ2n) is 10.1. The summed E-state index contributed by atoms with van der Waals surface area (Å²) >= 11 is 5.19. The van der Waals surface area contributed by atoms with Gasteiger partial charge < -0.3 is 9.08 Å². The molecule has 1 fully saturated rings. The van der Waals surface area contributed by atoms with Crippen LogP contribution in [0.4, 0.5) is 13.2 Å². The van der Waals surface area contributed by atoms with Crippen molar-refractivity contribution in [2.75, 3.05) is 25.9 Å². The first-order valence-corrected chi connectivity index (χ1v) is 16.3. The number of nitrogens with zero attached hydrogens (tertiary/aromatic N) is 4. The van der Waals surface area contributed by atoms with E-state index in [1.165, 1.54) is 4.68 Å². The smallest absolute Gasteiger partial charge is 0.382 e. The van der Waals surface area contributed by atoms with Gasteiger partial charge in [0.25, 0.3) is 0 Å². The standard InChI is InChI=1S/C25H30BrF3N6O3S2/c1-15-11-22(25(27,28)29)33-35(15)10-9-34-7-5-16(6-8-34)24-32-20(14-39-24)23-30-12-17-18(13-31-23)21(4-3-19(17)26)38-40(2,36)37/h3-4,11,14,16,23,30-31H,5-10,12-13H2,1-2H3. The van der Waals surface area contributed by atoms with E-state index in [9.17, 15) is 21.6 Å². The molecule has 0 saturated carbocycles. The number of piperidine rings is 1. The third-order valence-electron chi connectivity index (χ3n) is 7.21. The Balaban J connectivity index is 1.16. The first-order chi connectivity index (χ1) is 18.9. The number of fused-ring (bicyclic) bond motifs is 1. The number of halogens is 4. The van der Waals surface area contributed by atoms with Gasteiger partial charge in [-0.25, -0.2) is 4.98 Å². The van der Waals surface area contributed by atoms with Crippen molar-refractivity contribution >= 4 is 37.4 Å². The Bertz CT molecular complexity index is 1470. The lowest BCUT2D eigenvalue weighted by atomic mass is 9.97. The molecule has 0 aliphatic carbocycles. The minimum absolute atomic E-state index is 0.214. The third-order valence-corrected chi connectivity index (χ3v) is 9.46. The molecule has 9 nitrogen and oxygen atoms in total. The van der Waals surface area contributed by atoms with E-state index >= 15 is 0 Å². The number of benzene rings is 1. The van der Waals surface area contributed by atoms with Crippen LogP contribution in [0.2, 0.25) is 0 Å². The molecule has 218 valence electrons. The molecule has 2 aromatic heterocycles. The number of nitrogens with one attached hydrogen (secondary N) is 2. The van der Waals surface area contributed by atoms with Gasteiger partial charge in [-0.3, -0.25) is 15.3 Å². The second kappa shape index (κ2) is 11.7. The zero-order valence-corrected chi connectivity index (χ0v) is 25.2. The summed E-state index contributed by atoms with van der Waals surface area (Å²) in [5.41, 5.74) is 2.25. The Hall–Kier alpha value is -2.04. The van der Waals surface area contributed by atoms with E-state index in [4.69, 9.17) is 9.17 Å². The van der Waals surface area contributed by atoms with Gasteiger partial charge in [0, 0.05) is 46.7 Å². The highest BCUT2D eigenvalue weighted by molar-refractivity contribution is 9.10. The quantitative estimate of drug-likeness (QED) is 0.356. The molecule has 1 unspecified atom stereocenters. The number of alkyl halides is 3. The Morgan fingerprint density at radius 3 is 2.50 bits per heavy atom. The van der Waals surface area contributed by atoms with Crippen LogP contribution in [0.1, 0.15) is 58.1 Å². The molecular weight excluding hydrogens is 633 g/mol. The number of aromatic nitrogens is 3. The Kier molecular flexibility index (Phi) is 8.60. The topological polar surface area (TPSA) is 101 Å². The number of likely N-dealkylation sites (tertiary alicyclic amines) is 1. The summed E-state index contributed by atoms with van der Waals surface area (Å²) in [6.45, 7) is 5.31. The fourth-order valence-electron chi connectivity index (χ4n) is 5.09. The van der Waals surface area contributed by atoms with Crippen molar-refractivity contribution in [3.63, 3.8) is 0 Å². The van der Waals surface area contributed by atoms with E-state index in [-0.39, 0.29) is 6.17 Å². The van der Waals surface area contributed by atoms with Crippen molar-refractivity contribution in [2.24, 2.45) is 0 Å². The largest absolute Gasteiger partial charge is 0.435 e. The summed E-state index contributed by atoms with van der Waals surface area (Å²) < 4.78 is 69.8. The van der Waals surface area contributed by atoms with Crippen LogP contribution in [0.3, 0.4) is 0 Å². The van der Waals surface area contributed by atoms with Crippen molar-refractivity contribution in [1.29, 1.82) is 0 Å². The van der Waals surface area contributed by atoms with E-state index in [0.717, 1.165) is 64.6 Å². The maximum Gasteiger partial charge on any atom is 0.435 e.